The molecule has 0 aliphatic heterocycles. The Balaban J connectivity index is 5.92. The minimum absolute atomic E-state index is 2.71. The first-order valence-corrected chi connectivity index (χ1v) is 10.6. The van der Waals surface area contributed by atoms with Crippen LogP contribution in [0.5, 0.6) is 0 Å². The molecule has 100 valence electrons. The van der Waals surface area contributed by atoms with Gasteiger partial charge in [0.05, 0.1) is 0 Å². The summed E-state index contributed by atoms with van der Waals surface area (Å²) in [6.07, 6.45) is -6.70. The summed E-state index contributed by atoms with van der Waals surface area (Å²) in [6.45, 7) is 0. The molecule has 17 heavy (non-hydrogen) atoms. The molecule has 0 aromatic rings. The van der Waals surface area contributed by atoms with Crippen molar-refractivity contribution in [2.24, 2.45) is 0 Å². The molecule has 0 aliphatic rings. The Morgan fingerprint density at radius 1 is 0.824 bits per heavy atom. The van der Waals surface area contributed by atoms with Crippen molar-refractivity contribution in [3.8, 4) is 0 Å². The third-order valence-corrected chi connectivity index (χ3v) is 17.6. The zero-order valence-electron chi connectivity index (χ0n) is 7.17. The molecule has 0 amide bonds. The van der Waals surface area contributed by atoms with Gasteiger partial charge in [-0.2, -0.15) is 0 Å². The van der Waals surface area contributed by atoms with Gasteiger partial charge in [0.25, 0.3) is 0 Å². The van der Waals surface area contributed by atoms with Crippen LogP contribution in [-0.2, 0) is 38.2 Å². The Bertz CT molecular complexity index is 292. The van der Waals surface area contributed by atoms with Gasteiger partial charge in [0.15, 0.2) is 0 Å². The molecule has 17 heteroatoms. The number of rotatable bonds is 8. The van der Waals surface area contributed by atoms with Crippen molar-refractivity contribution < 1.29 is 63.4 Å². The maximum atomic E-state index is 10.8. The van der Waals surface area contributed by atoms with E-state index in [0.717, 1.165) is 0 Å². The molecule has 0 spiro atoms. The van der Waals surface area contributed by atoms with Crippen LogP contribution in [0.4, 0.5) is 0 Å². The summed E-state index contributed by atoms with van der Waals surface area (Å²) in [4.78, 5) is 32.4. The Hall–Kier alpha value is 0.330. The van der Waals surface area contributed by atoms with Crippen LogP contribution in [-0.4, -0.2) is 10.5 Å². The summed E-state index contributed by atoms with van der Waals surface area (Å²) >= 11 is 0. The van der Waals surface area contributed by atoms with Gasteiger partial charge in [-0.05, 0) is 0 Å². The summed E-state index contributed by atoms with van der Waals surface area (Å²) in [7, 11) is -13.6. The van der Waals surface area contributed by atoms with E-state index in [2.05, 4.69) is 24.5 Å². The van der Waals surface area contributed by atoms with E-state index < -0.39 is 29.3 Å². The van der Waals surface area contributed by atoms with Crippen molar-refractivity contribution >= 4 is 29.3 Å². The average Bonchev–Trinajstić information content (AvgIpc) is 2.23. The van der Waals surface area contributed by atoms with E-state index in [0.29, 0.717) is 0 Å². The fraction of sp³-hybridized carbons (Fsp3) is 0. The first-order valence-electron chi connectivity index (χ1n) is 2.93. The van der Waals surface area contributed by atoms with Crippen molar-refractivity contribution in [1.29, 1.82) is 0 Å². The van der Waals surface area contributed by atoms with Crippen molar-refractivity contribution in [2.75, 3.05) is 0 Å². The van der Waals surface area contributed by atoms with Gasteiger partial charge in [0, 0.05) is 0 Å². The normalized spacial score (nSPS) is 17.0. The molecule has 0 rings (SSSR count). The molecular formula is H2O13P4. The van der Waals surface area contributed by atoms with E-state index in [1.54, 1.807) is 0 Å². The predicted octanol–water partition coefficient (Wildman–Crippen LogP) is -0.803. The maximum absolute atomic E-state index is 10.8. The zero-order chi connectivity index (χ0) is 13.7. The number of hydrogen-bond acceptors (Lipinski definition) is 13. The molecule has 0 fully saturated rings. The van der Waals surface area contributed by atoms with E-state index in [9.17, 15) is 28.4 Å². The fourth-order valence-electron chi connectivity index (χ4n) is 0.480. The summed E-state index contributed by atoms with van der Waals surface area (Å²) < 4.78 is 39.2. The van der Waals surface area contributed by atoms with Crippen LogP contribution in [0.3, 0.4) is 0 Å². The van der Waals surface area contributed by atoms with Crippen LogP contribution in [0.25, 0.3) is 0 Å². The van der Waals surface area contributed by atoms with E-state index in [1.807, 2.05) is 0 Å². The molecule has 0 aromatic heterocycles. The van der Waals surface area contributed by atoms with Crippen molar-refractivity contribution in [1.82, 2.24) is 0 Å². The second kappa shape index (κ2) is 6.48. The topological polar surface area (TPSA) is 207 Å². The van der Waals surface area contributed by atoms with Crippen molar-refractivity contribution in [3.05, 3.63) is 0 Å². The van der Waals surface area contributed by atoms with Crippen LogP contribution in [0.15, 0.2) is 0 Å². The van der Waals surface area contributed by atoms with E-state index in [1.165, 1.54) is 0 Å². The van der Waals surface area contributed by atoms with Gasteiger partial charge in [-0.15, -0.1) is 0 Å². The first kappa shape index (κ1) is 17.3. The zero-order valence-corrected chi connectivity index (χ0v) is 10.8. The summed E-state index contributed by atoms with van der Waals surface area (Å²) in [6, 6.07) is 0. The second-order valence-electron chi connectivity index (χ2n) is 1.91. The molecule has 0 aromatic carbocycles. The first-order chi connectivity index (χ1) is 7.79. The third-order valence-electron chi connectivity index (χ3n) is 1.19. The summed E-state index contributed by atoms with van der Waals surface area (Å²) in [5.41, 5.74) is 0. The van der Waals surface area contributed by atoms with Gasteiger partial charge in [-0.1, -0.05) is 0 Å². The second-order valence-corrected chi connectivity index (χ2v) is 17.6. The molecule has 3 atom stereocenters. The van der Waals surface area contributed by atoms with Crippen LogP contribution in [0, 0.1) is 0 Å². The van der Waals surface area contributed by atoms with E-state index in [-0.39, 0.29) is 0 Å². The van der Waals surface area contributed by atoms with Gasteiger partial charge in [0.1, 0.15) is 0 Å². The molecule has 13 nitrogen and oxygen atoms in total. The third kappa shape index (κ3) is 2.69. The molecular weight excluding hydrogens is 332 g/mol. The molecule has 0 saturated carbocycles. The molecule has 3 unspecified atom stereocenters. The van der Waals surface area contributed by atoms with Gasteiger partial charge in [-0.3, -0.25) is 0 Å². The Morgan fingerprint density at radius 2 is 1.24 bits per heavy atom. The van der Waals surface area contributed by atoms with E-state index in [4.69, 9.17) is 10.5 Å². The molecule has 2 N–H and O–H groups in total. The minimum atomic E-state index is -6.70. The molecule has 0 heterocycles. The summed E-state index contributed by atoms with van der Waals surface area (Å²) in [5, 5.41) is 24.1. The summed E-state index contributed by atoms with van der Waals surface area (Å²) in [5.74, 6) is 0. The van der Waals surface area contributed by atoms with Crippen LogP contribution >= 0.6 is 29.3 Å². The van der Waals surface area contributed by atoms with Crippen LogP contribution < -0.4 is 14.7 Å². The molecule has 0 aliphatic carbocycles. The SMILES string of the molecule is O=[P+]([O-])P(OOO)(OOOO)([P+](=O)[O-])[P+](=O)[O-]. The monoisotopic (exact) mass is 334 g/mol. The van der Waals surface area contributed by atoms with Gasteiger partial charge in [-0.25, -0.2) is 0 Å². The Morgan fingerprint density at radius 3 is 1.47 bits per heavy atom. The fourth-order valence-corrected chi connectivity index (χ4v) is 7.23. The average molecular weight is 334 g/mol. The van der Waals surface area contributed by atoms with Crippen LogP contribution in [0.2, 0.25) is 0 Å². The Kier molecular flexibility index (Phi) is 6.61. The predicted molar refractivity (Wildman–Crippen MR) is 40.4 cm³/mol. The Labute approximate surface area is 93.5 Å². The standard InChI is InChI=1S/H2O13P4/c1-9-11-13-17(12-10-2,14(3)4,15(5)6)16(7)8/h1-2H. The van der Waals surface area contributed by atoms with Crippen molar-refractivity contribution in [3.63, 3.8) is 0 Å². The van der Waals surface area contributed by atoms with Crippen molar-refractivity contribution in [2.45, 2.75) is 0 Å². The van der Waals surface area contributed by atoms with Gasteiger partial charge in [0.2, 0.25) is 0 Å². The van der Waals surface area contributed by atoms with Gasteiger partial charge >= 0.3 is 92.6 Å². The van der Waals surface area contributed by atoms with E-state index >= 15 is 0 Å². The molecule has 0 saturated heterocycles. The molecule has 0 bridgehead atoms. The molecule has 0 radical (unpaired) electrons. The van der Waals surface area contributed by atoms with Crippen LogP contribution in [0.1, 0.15) is 0 Å². The quantitative estimate of drug-likeness (QED) is 0.317. The number of hydrogen-bond donors (Lipinski definition) is 2. The van der Waals surface area contributed by atoms with Gasteiger partial charge < -0.3 is 0 Å².